The fourth-order valence-corrected chi connectivity index (χ4v) is 6.77. The Hall–Kier alpha value is -5.18. The smallest absolute Gasteiger partial charge is 0.112 e. The maximum atomic E-state index is 6.98. The fraction of sp³-hybridized carbons (Fsp3) is 0.0732. The van der Waals surface area contributed by atoms with Crippen molar-refractivity contribution in [2.24, 2.45) is 5.73 Å². The van der Waals surface area contributed by atoms with Crippen molar-refractivity contribution in [2.45, 2.75) is 18.6 Å². The number of nitrogens with two attached hydrogens (primary N) is 1. The maximum absolute atomic E-state index is 6.98. The van der Waals surface area contributed by atoms with Gasteiger partial charge >= 0.3 is 0 Å². The number of nitrogens with zero attached hydrogens (tertiary/aromatic N) is 1. The molecular weight excluding hydrogens is 520 g/mol. The van der Waals surface area contributed by atoms with E-state index in [9.17, 15) is 0 Å². The molecule has 1 aliphatic carbocycles. The third-order valence-electron chi connectivity index (χ3n) is 8.95. The first kappa shape index (κ1) is 25.5. The van der Waals surface area contributed by atoms with E-state index in [2.05, 4.69) is 163 Å². The summed E-state index contributed by atoms with van der Waals surface area (Å²) in [6.07, 6.45) is 9.16. The van der Waals surface area contributed by atoms with E-state index in [1.165, 1.54) is 59.8 Å². The van der Waals surface area contributed by atoms with E-state index < -0.39 is 5.66 Å². The highest BCUT2D eigenvalue weighted by atomic mass is 15.3. The Labute approximate surface area is 252 Å². The van der Waals surface area contributed by atoms with Crippen LogP contribution in [-0.4, -0.2) is 5.66 Å². The van der Waals surface area contributed by atoms with Gasteiger partial charge in [-0.1, -0.05) is 121 Å². The predicted octanol–water partition coefficient (Wildman–Crippen LogP) is 10.1. The number of allylic oxidation sites excluding steroid dienone is 2. The third kappa shape index (κ3) is 4.48. The molecule has 43 heavy (non-hydrogen) atoms. The van der Waals surface area contributed by atoms with Crippen molar-refractivity contribution in [3.63, 3.8) is 0 Å². The Balaban J connectivity index is 1.20. The molecule has 0 spiro atoms. The van der Waals surface area contributed by atoms with Crippen LogP contribution in [-0.2, 0) is 6.54 Å². The van der Waals surface area contributed by atoms with Crippen LogP contribution in [0.25, 0.3) is 54.2 Å². The Morgan fingerprint density at radius 2 is 1.28 bits per heavy atom. The van der Waals surface area contributed by atoms with Gasteiger partial charge in [0.1, 0.15) is 5.66 Å². The minimum absolute atomic E-state index is 0.572. The molecule has 7 aromatic carbocycles. The van der Waals surface area contributed by atoms with E-state index in [4.69, 9.17) is 5.73 Å². The summed E-state index contributed by atoms with van der Waals surface area (Å²) in [6.45, 7) is 0.722. The van der Waals surface area contributed by atoms with Gasteiger partial charge in [0.15, 0.2) is 0 Å². The minimum Gasteiger partial charge on any atom is -0.345 e. The van der Waals surface area contributed by atoms with Crippen molar-refractivity contribution in [3.05, 3.63) is 163 Å². The van der Waals surface area contributed by atoms with Gasteiger partial charge in [-0.05, 0) is 96.2 Å². The van der Waals surface area contributed by atoms with Crippen molar-refractivity contribution >= 4 is 48.8 Å². The van der Waals surface area contributed by atoms with Gasteiger partial charge in [0.05, 0.1) is 0 Å². The summed E-state index contributed by atoms with van der Waals surface area (Å²) in [5, 5.41) is 10.2. The number of hydrogen-bond acceptors (Lipinski definition) is 2. The van der Waals surface area contributed by atoms with Crippen molar-refractivity contribution in [1.29, 1.82) is 0 Å². The van der Waals surface area contributed by atoms with Crippen LogP contribution in [0.3, 0.4) is 0 Å². The van der Waals surface area contributed by atoms with E-state index >= 15 is 0 Å². The van der Waals surface area contributed by atoms with Gasteiger partial charge < -0.3 is 10.6 Å². The number of para-hydroxylation sites is 1. The quantitative estimate of drug-likeness (QED) is 0.170. The molecule has 206 valence electrons. The molecular formula is C41H32N2. The average Bonchev–Trinajstić information content (AvgIpc) is 3.07. The summed E-state index contributed by atoms with van der Waals surface area (Å²) in [6, 6.07) is 48.6. The number of hydrogen-bond donors (Lipinski definition) is 1. The average molecular weight is 553 g/mol. The summed E-state index contributed by atoms with van der Waals surface area (Å²) in [7, 11) is 0. The molecule has 1 unspecified atom stereocenters. The molecule has 1 atom stereocenters. The SMILES string of the molecule is NC1(N(Cc2ccc3cc(-c4cc5ccc6ccccc6c5c5ccccc45)ccc3c2)c2ccccc2)C=CC=CC1. The summed E-state index contributed by atoms with van der Waals surface area (Å²) >= 11 is 0. The second-order valence-electron chi connectivity index (χ2n) is 11.7. The van der Waals surface area contributed by atoms with E-state index in [1.807, 2.05) is 0 Å². The van der Waals surface area contributed by atoms with Gasteiger partial charge in [-0.2, -0.15) is 0 Å². The first-order chi connectivity index (χ1) is 21.2. The molecule has 1 aliphatic rings. The molecule has 0 saturated heterocycles. The van der Waals surface area contributed by atoms with Gasteiger partial charge in [-0.25, -0.2) is 0 Å². The van der Waals surface area contributed by atoms with Crippen LogP contribution in [0.4, 0.5) is 5.69 Å². The van der Waals surface area contributed by atoms with Gasteiger partial charge in [-0.15, -0.1) is 0 Å². The van der Waals surface area contributed by atoms with Crippen LogP contribution < -0.4 is 10.6 Å². The lowest BCUT2D eigenvalue weighted by atomic mass is 9.90. The normalized spacial score (nSPS) is 16.4. The molecule has 0 bridgehead atoms. The maximum Gasteiger partial charge on any atom is 0.112 e. The molecule has 0 fully saturated rings. The molecule has 0 aliphatic heterocycles. The molecule has 0 saturated carbocycles. The van der Waals surface area contributed by atoms with Crippen LogP contribution in [0, 0.1) is 0 Å². The van der Waals surface area contributed by atoms with Gasteiger partial charge in [0, 0.05) is 18.7 Å². The predicted molar refractivity (Wildman–Crippen MR) is 184 cm³/mol. The molecule has 0 radical (unpaired) electrons. The second-order valence-corrected chi connectivity index (χ2v) is 11.7. The lowest BCUT2D eigenvalue weighted by Gasteiger charge is -2.41. The topological polar surface area (TPSA) is 29.3 Å². The molecule has 2 nitrogen and oxygen atoms in total. The van der Waals surface area contributed by atoms with E-state index in [0.29, 0.717) is 0 Å². The molecule has 2 heteroatoms. The van der Waals surface area contributed by atoms with E-state index in [0.717, 1.165) is 18.7 Å². The summed E-state index contributed by atoms with van der Waals surface area (Å²) in [5.74, 6) is 0. The molecule has 8 rings (SSSR count). The monoisotopic (exact) mass is 552 g/mol. The van der Waals surface area contributed by atoms with Gasteiger partial charge in [-0.3, -0.25) is 0 Å². The Kier molecular flexibility index (Phi) is 6.10. The van der Waals surface area contributed by atoms with E-state index in [-0.39, 0.29) is 0 Å². The number of fused-ring (bicyclic) bond motifs is 6. The lowest BCUT2D eigenvalue weighted by molar-refractivity contribution is 0.486. The molecule has 7 aromatic rings. The Bertz CT molecular complexity index is 2210. The first-order valence-electron chi connectivity index (χ1n) is 15.0. The van der Waals surface area contributed by atoms with Crippen LogP contribution in [0.2, 0.25) is 0 Å². The van der Waals surface area contributed by atoms with Crippen LogP contribution in [0.5, 0.6) is 0 Å². The number of benzene rings is 7. The second kappa shape index (κ2) is 10.3. The molecule has 0 heterocycles. The Morgan fingerprint density at radius 1 is 0.581 bits per heavy atom. The zero-order valence-corrected chi connectivity index (χ0v) is 23.9. The van der Waals surface area contributed by atoms with Gasteiger partial charge in [0.25, 0.3) is 0 Å². The van der Waals surface area contributed by atoms with Crippen molar-refractivity contribution in [1.82, 2.24) is 0 Å². The zero-order valence-electron chi connectivity index (χ0n) is 23.9. The highest BCUT2D eigenvalue weighted by Crippen LogP contribution is 2.39. The lowest BCUT2D eigenvalue weighted by Crippen LogP contribution is -2.54. The standard InChI is InChI=1S/C41H32N2/c42-41(23-9-2-10-24-41)43(35-12-3-1-4-13-35)28-29-17-18-32-26-33(21-20-31(32)25-29)39-27-34-22-19-30-11-5-6-14-36(30)40(34)38-16-8-7-15-37(38)39/h1-23,25-27H,24,28,42H2. The van der Waals surface area contributed by atoms with Crippen LogP contribution in [0.15, 0.2) is 158 Å². The Morgan fingerprint density at radius 3 is 2.12 bits per heavy atom. The zero-order chi connectivity index (χ0) is 28.8. The van der Waals surface area contributed by atoms with E-state index in [1.54, 1.807) is 0 Å². The first-order valence-corrected chi connectivity index (χ1v) is 15.0. The number of rotatable bonds is 5. The highest BCUT2D eigenvalue weighted by molar-refractivity contribution is 6.23. The van der Waals surface area contributed by atoms with Crippen molar-refractivity contribution < 1.29 is 0 Å². The molecule has 2 N–H and O–H groups in total. The van der Waals surface area contributed by atoms with Crippen LogP contribution >= 0.6 is 0 Å². The third-order valence-corrected chi connectivity index (χ3v) is 8.95. The van der Waals surface area contributed by atoms with Gasteiger partial charge in [0.2, 0.25) is 0 Å². The molecule has 0 amide bonds. The molecule has 0 aromatic heterocycles. The van der Waals surface area contributed by atoms with Crippen molar-refractivity contribution in [3.8, 4) is 11.1 Å². The summed E-state index contributed by atoms with van der Waals surface area (Å²) < 4.78 is 0. The van der Waals surface area contributed by atoms with Crippen molar-refractivity contribution in [2.75, 3.05) is 4.90 Å². The fourth-order valence-electron chi connectivity index (χ4n) is 6.77. The largest absolute Gasteiger partial charge is 0.345 e. The highest BCUT2D eigenvalue weighted by Gasteiger charge is 2.30. The van der Waals surface area contributed by atoms with Crippen LogP contribution in [0.1, 0.15) is 12.0 Å². The number of anilines is 1. The summed E-state index contributed by atoms with van der Waals surface area (Å²) in [4.78, 5) is 2.31. The minimum atomic E-state index is -0.572. The summed E-state index contributed by atoms with van der Waals surface area (Å²) in [5.41, 5.74) is 11.3.